The smallest absolute Gasteiger partial charge is 0.306 e. The maximum absolute atomic E-state index is 13.4. The number of carbonyl (C=O) groups excluding carboxylic acids is 2. The van der Waals surface area contributed by atoms with E-state index in [0.29, 0.717) is 19.3 Å². The second-order valence-corrected chi connectivity index (χ2v) is 21.8. The third kappa shape index (κ3) is 40.5. The number of aliphatic hydroxyl groups excluding tert-OH is 5. The Bertz CT molecular complexity index is 1460. The zero-order valence-corrected chi connectivity index (χ0v) is 48.9. The summed E-state index contributed by atoms with van der Waals surface area (Å²) in [6, 6.07) is -1.03. The van der Waals surface area contributed by atoms with Gasteiger partial charge in [-0.2, -0.15) is 0 Å². The lowest BCUT2D eigenvalue weighted by molar-refractivity contribution is -0.305. The summed E-state index contributed by atoms with van der Waals surface area (Å²) in [5.74, 6) is -1.21. The number of ether oxygens (including phenoxy) is 3. The fraction of sp³-hybridized carbons (Fsp3) is 0.815. The summed E-state index contributed by atoms with van der Waals surface area (Å²) in [7, 11) is 0. The molecule has 0 saturated carbocycles. The number of carbonyl (C=O) groups is 2. The summed E-state index contributed by atoms with van der Waals surface area (Å²) in [6.07, 6.45) is 55.3. The van der Waals surface area contributed by atoms with E-state index in [4.69, 9.17) is 14.2 Å². The van der Waals surface area contributed by atoms with Gasteiger partial charge in [-0.1, -0.05) is 261 Å². The van der Waals surface area contributed by atoms with Crippen molar-refractivity contribution in [3.8, 4) is 0 Å². The number of hydrogen-bond donors (Lipinski definition) is 6. The van der Waals surface area contributed by atoms with Crippen molar-refractivity contribution in [1.82, 2.24) is 5.32 Å². The molecule has 442 valence electrons. The van der Waals surface area contributed by atoms with Gasteiger partial charge >= 0.3 is 5.97 Å². The monoisotopic (exact) mass is 1070 g/mol. The number of aliphatic hydroxyl groups is 5. The minimum Gasteiger partial charge on any atom is -0.454 e. The number of amides is 1. The summed E-state index contributed by atoms with van der Waals surface area (Å²) >= 11 is 0. The number of unbranched alkanes of at least 4 members (excludes halogenated alkanes) is 31. The Labute approximate surface area is 465 Å². The molecular formula is C65H117NO10. The molecule has 0 aromatic heterocycles. The molecule has 8 atom stereocenters. The Morgan fingerprint density at radius 1 is 0.513 bits per heavy atom. The number of allylic oxidation sites excluding steroid dienone is 9. The van der Waals surface area contributed by atoms with Crippen LogP contribution in [0.4, 0.5) is 0 Å². The first kappa shape index (κ1) is 71.4. The number of hydrogen-bond acceptors (Lipinski definition) is 10. The summed E-state index contributed by atoms with van der Waals surface area (Å²) < 4.78 is 17.6. The van der Waals surface area contributed by atoms with E-state index < -0.39 is 67.4 Å². The van der Waals surface area contributed by atoms with Crippen molar-refractivity contribution >= 4 is 11.9 Å². The normalized spacial score (nSPS) is 19.5. The van der Waals surface area contributed by atoms with E-state index in [0.717, 1.165) is 89.9 Å². The highest BCUT2D eigenvalue weighted by molar-refractivity contribution is 5.80. The molecule has 11 heteroatoms. The third-order valence-electron chi connectivity index (χ3n) is 14.7. The lowest BCUT2D eigenvalue weighted by Gasteiger charge is -2.41. The predicted octanol–water partition coefficient (Wildman–Crippen LogP) is 15.0. The van der Waals surface area contributed by atoms with Gasteiger partial charge in [-0.15, -0.1) is 0 Å². The zero-order chi connectivity index (χ0) is 55.4. The average molecular weight is 1070 g/mol. The first-order valence-corrected chi connectivity index (χ1v) is 31.6. The van der Waals surface area contributed by atoms with Crippen LogP contribution in [0.5, 0.6) is 0 Å². The Hall–Kier alpha value is -2.64. The van der Waals surface area contributed by atoms with E-state index in [1.54, 1.807) is 6.08 Å². The number of nitrogens with one attached hydrogen (secondary N) is 1. The van der Waals surface area contributed by atoms with Gasteiger partial charge in [0.15, 0.2) is 12.4 Å². The van der Waals surface area contributed by atoms with Crippen LogP contribution in [-0.4, -0.2) is 99.6 Å². The van der Waals surface area contributed by atoms with E-state index in [9.17, 15) is 35.1 Å². The van der Waals surface area contributed by atoms with Gasteiger partial charge in [-0.3, -0.25) is 9.59 Å². The molecule has 1 aliphatic rings. The van der Waals surface area contributed by atoms with Gasteiger partial charge in [0.05, 0.1) is 25.4 Å². The van der Waals surface area contributed by atoms with Crippen LogP contribution in [0.2, 0.25) is 0 Å². The van der Waals surface area contributed by atoms with E-state index >= 15 is 0 Å². The Kier molecular flexibility index (Phi) is 49.8. The van der Waals surface area contributed by atoms with Crippen LogP contribution in [0.1, 0.15) is 278 Å². The van der Waals surface area contributed by atoms with Crippen molar-refractivity contribution in [3.05, 3.63) is 60.8 Å². The van der Waals surface area contributed by atoms with Gasteiger partial charge in [-0.25, -0.2) is 0 Å². The molecule has 0 aromatic carbocycles. The lowest BCUT2D eigenvalue weighted by atomic mass is 9.99. The van der Waals surface area contributed by atoms with Crippen molar-refractivity contribution in [1.29, 1.82) is 0 Å². The lowest BCUT2D eigenvalue weighted by Crippen LogP contribution is -2.61. The largest absolute Gasteiger partial charge is 0.454 e. The molecule has 0 spiro atoms. The molecule has 11 nitrogen and oxygen atoms in total. The van der Waals surface area contributed by atoms with E-state index in [1.807, 2.05) is 6.08 Å². The molecule has 1 aliphatic heterocycles. The maximum atomic E-state index is 13.4. The minimum atomic E-state index is -1.62. The summed E-state index contributed by atoms with van der Waals surface area (Å²) in [6.45, 7) is 5.76. The Morgan fingerprint density at radius 2 is 0.908 bits per heavy atom. The van der Waals surface area contributed by atoms with Crippen LogP contribution in [0, 0.1) is 0 Å². The van der Waals surface area contributed by atoms with E-state index in [2.05, 4.69) is 74.7 Å². The second kappa shape index (κ2) is 53.0. The summed E-state index contributed by atoms with van der Waals surface area (Å²) in [5, 5.41) is 57.0. The molecule has 0 radical (unpaired) electrons. The van der Waals surface area contributed by atoms with Gasteiger partial charge in [0.25, 0.3) is 0 Å². The fourth-order valence-electron chi connectivity index (χ4n) is 9.64. The van der Waals surface area contributed by atoms with Gasteiger partial charge in [0, 0.05) is 6.42 Å². The van der Waals surface area contributed by atoms with Crippen LogP contribution in [0.15, 0.2) is 60.8 Å². The molecule has 8 unspecified atom stereocenters. The minimum absolute atomic E-state index is 0.102. The van der Waals surface area contributed by atoms with Crippen molar-refractivity contribution < 1.29 is 49.3 Å². The van der Waals surface area contributed by atoms with Crippen LogP contribution in [0.25, 0.3) is 0 Å². The van der Waals surface area contributed by atoms with Crippen molar-refractivity contribution in [2.24, 2.45) is 0 Å². The first-order chi connectivity index (χ1) is 37.2. The highest BCUT2D eigenvalue weighted by Gasteiger charge is 2.47. The fourth-order valence-corrected chi connectivity index (χ4v) is 9.64. The Morgan fingerprint density at radius 3 is 1.38 bits per heavy atom. The highest BCUT2D eigenvalue weighted by Crippen LogP contribution is 2.26. The van der Waals surface area contributed by atoms with Gasteiger partial charge in [0.2, 0.25) is 5.91 Å². The number of rotatable bonds is 53. The molecule has 0 aliphatic carbocycles. The molecule has 1 saturated heterocycles. The third-order valence-corrected chi connectivity index (χ3v) is 14.7. The SMILES string of the molecule is CCCCC/C=C\C/C=C\C/C=C\C/C=C\CCCCCCCC(=O)OC1C(OCC(NC(=O)C(O)CCCCCCCCCCCCCCC)C(O)/C=C/CCCCCCCCCCCCC)OC(CO)C(O)C1O. The second-order valence-electron chi connectivity index (χ2n) is 21.8. The molecule has 6 N–H and O–H groups in total. The highest BCUT2D eigenvalue weighted by atomic mass is 16.7. The van der Waals surface area contributed by atoms with Gasteiger partial charge < -0.3 is 45.1 Å². The maximum Gasteiger partial charge on any atom is 0.306 e. The standard InChI is InChI=1S/C65H117NO10/c1-4-7-10-13-16-19-22-25-26-27-28-29-30-31-32-35-38-41-44-47-50-53-60(70)76-63-62(72)61(71)59(54-67)75-65(63)74-55-56(57(68)51-48-45-42-39-36-33-23-20-17-14-11-8-5-2)66-64(73)58(69)52-49-46-43-40-37-34-24-21-18-15-12-9-6-3/h16,19,25-26,28-29,31-32,48,51,56-59,61-63,65,67-69,71-72H,4-15,17-18,20-24,27,30,33-47,49-50,52-55H2,1-3H3,(H,66,73)/b19-16-,26-25-,29-28-,32-31-,51-48+. The molecule has 0 bridgehead atoms. The van der Waals surface area contributed by atoms with E-state index in [-0.39, 0.29) is 13.0 Å². The predicted molar refractivity (Wildman–Crippen MR) is 315 cm³/mol. The molecular weight excluding hydrogens is 955 g/mol. The van der Waals surface area contributed by atoms with E-state index in [1.165, 1.54) is 141 Å². The molecule has 1 rings (SSSR count). The molecule has 76 heavy (non-hydrogen) atoms. The summed E-state index contributed by atoms with van der Waals surface area (Å²) in [4.78, 5) is 26.5. The van der Waals surface area contributed by atoms with Crippen molar-refractivity contribution in [2.75, 3.05) is 13.2 Å². The summed E-state index contributed by atoms with van der Waals surface area (Å²) in [5.41, 5.74) is 0. The molecule has 0 aromatic rings. The van der Waals surface area contributed by atoms with Crippen molar-refractivity contribution in [2.45, 2.75) is 327 Å². The topological polar surface area (TPSA) is 175 Å². The van der Waals surface area contributed by atoms with Crippen LogP contribution in [0.3, 0.4) is 0 Å². The van der Waals surface area contributed by atoms with Gasteiger partial charge in [-0.05, 0) is 70.6 Å². The van der Waals surface area contributed by atoms with Crippen LogP contribution < -0.4 is 5.32 Å². The Balaban J connectivity index is 2.68. The zero-order valence-electron chi connectivity index (χ0n) is 48.9. The first-order valence-electron chi connectivity index (χ1n) is 31.6. The van der Waals surface area contributed by atoms with Crippen LogP contribution >= 0.6 is 0 Å². The van der Waals surface area contributed by atoms with Gasteiger partial charge in [0.1, 0.15) is 24.4 Å². The quantitative estimate of drug-likeness (QED) is 0.0195. The molecule has 1 amide bonds. The average Bonchev–Trinajstić information content (AvgIpc) is 3.42. The molecule has 1 heterocycles. The van der Waals surface area contributed by atoms with Crippen LogP contribution in [-0.2, 0) is 23.8 Å². The number of esters is 1. The molecule has 1 fully saturated rings. The van der Waals surface area contributed by atoms with Crippen molar-refractivity contribution in [3.63, 3.8) is 0 Å².